The lowest BCUT2D eigenvalue weighted by molar-refractivity contribution is -0.115. The van der Waals surface area contributed by atoms with Gasteiger partial charge in [-0.25, -0.2) is 0 Å². The van der Waals surface area contributed by atoms with Gasteiger partial charge in [0.25, 0.3) is 0 Å². The second-order valence-electron chi connectivity index (χ2n) is 4.68. The van der Waals surface area contributed by atoms with E-state index in [1.54, 1.807) is 0 Å². The molecule has 0 spiro atoms. The predicted octanol–water partition coefficient (Wildman–Crippen LogP) is 2.96. The fraction of sp³-hybridized carbons (Fsp3) is 0.429. The Bertz CT molecular complexity index is 477. The second kappa shape index (κ2) is 6.91. The third-order valence-electron chi connectivity index (χ3n) is 2.77. The number of anilines is 1. The molecule has 104 valence electrons. The quantitative estimate of drug-likeness (QED) is 0.820. The van der Waals surface area contributed by atoms with Gasteiger partial charge < -0.3 is 11.1 Å². The average Bonchev–Trinajstić information content (AvgIpc) is 2.30. The number of rotatable bonds is 5. The maximum absolute atomic E-state index is 12.1. The van der Waals surface area contributed by atoms with Crippen LogP contribution in [0.1, 0.15) is 23.6 Å². The molecule has 1 aromatic carbocycles. The highest BCUT2D eigenvalue weighted by Crippen LogP contribution is 2.23. The minimum atomic E-state index is -0.179. The van der Waals surface area contributed by atoms with Gasteiger partial charge in [-0.2, -0.15) is 0 Å². The molecule has 1 atom stereocenters. The number of carbonyl (C=O) groups is 1. The summed E-state index contributed by atoms with van der Waals surface area (Å²) >= 11 is 6.26. The molecule has 1 rings (SSSR count). The lowest BCUT2D eigenvalue weighted by atomic mass is 10.1. The van der Waals surface area contributed by atoms with Crippen LogP contribution in [0, 0.1) is 20.8 Å². The summed E-state index contributed by atoms with van der Waals surface area (Å²) in [5.74, 6) is 0.506. The van der Waals surface area contributed by atoms with Gasteiger partial charge in [-0.3, -0.25) is 4.79 Å². The topological polar surface area (TPSA) is 55.1 Å². The molecule has 0 aromatic heterocycles. The van der Waals surface area contributed by atoms with Crippen LogP contribution in [0.4, 0.5) is 5.69 Å². The van der Waals surface area contributed by atoms with Gasteiger partial charge in [-0.05, 0) is 38.8 Å². The van der Waals surface area contributed by atoms with Crippen molar-refractivity contribution >= 4 is 40.6 Å². The number of thiocarbonyl (C=S) groups is 1. The highest BCUT2D eigenvalue weighted by molar-refractivity contribution is 8.02. The number of benzene rings is 1. The fourth-order valence-electron chi connectivity index (χ4n) is 1.88. The Morgan fingerprint density at radius 3 is 2.37 bits per heavy atom. The van der Waals surface area contributed by atoms with E-state index in [0.717, 1.165) is 16.8 Å². The van der Waals surface area contributed by atoms with E-state index >= 15 is 0 Å². The van der Waals surface area contributed by atoms with Gasteiger partial charge in [-0.1, -0.05) is 29.9 Å². The number of hydrogen-bond acceptors (Lipinski definition) is 3. The van der Waals surface area contributed by atoms with Gasteiger partial charge in [0.2, 0.25) is 5.91 Å². The van der Waals surface area contributed by atoms with Gasteiger partial charge in [-0.15, -0.1) is 11.8 Å². The van der Waals surface area contributed by atoms with Crippen molar-refractivity contribution < 1.29 is 4.79 Å². The molecular formula is C14H20N2OS2. The summed E-state index contributed by atoms with van der Waals surface area (Å²) in [6.45, 7) is 7.91. The Kier molecular flexibility index (Phi) is 5.82. The maximum Gasteiger partial charge on any atom is 0.237 e. The van der Waals surface area contributed by atoms with Crippen LogP contribution in [0.3, 0.4) is 0 Å². The zero-order chi connectivity index (χ0) is 14.6. The van der Waals surface area contributed by atoms with E-state index < -0.39 is 0 Å². The van der Waals surface area contributed by atoms with Crippen molar-refractivity contribution in [3.05, 3.63) is 28.8 Å². The lowest BCUT2D eigenvalue weighted by Crippen LogP contribution is -2.25. The van der Waals surface area contributed by atoms with Crippen molar-refractivity contribution in [1.82, 2.24) is 0 Å². The summed E-state index contributed by atoms with van der Waals surface area (Å²) in [5.41, 5.74) is 9.70. The molecule has 3 N–H and O–H groups in total. The fourth-order valence-corrected chi connectivity index (χ4v) is 2.71. The van der Waals surface area contributed by atoms with Gasteiger partial charge in [0, 0.05) is 11.4 Å². The molecule has 1 unspecified atom stereocenters. The molecule has 0 saturated heterocycles. The molecule has 0 aliphatic heterocycles. The molecule has 0 radical (unpaired) electrons. The number of carbonyl (C=O) groups excluding carboxylic acids is 1. The molecule has 0 heterocycles. The summed E-state index contributed by atoms with van der Waals surface area (Å²) in [4.78, 5) is 12.5. The molecular weight excluding hydrogens is 276 g/mol. The van der Waals surface area contributed by atoms with E-state index in [-0.39, 0.29) is 11.2 Å². The average molecular weight is 296 g/mol. The smallest absolute Gasteiger partial charge is 0.237 e. The molecule has 1 aromatic rings. The Labute approximate surface area is 124 Å². The molecule has 0 saturated carbocycles. The molecule has 0 aliphatic rings. The molecule has 0 bridgehead atoms. The van der Waals surface area contributed by atoms with Gasteiger partial charge in [0.1, 0.15) is 0 Å². The highest BCUT2D eigenvalue weighted by Gasteiger charge is 2.15. The van der Waals surface area contributed by atoms with Crippen LogP contribution in [0.15, 0.2) is 12.1 Å². The molecule has 1 amide bonds. The van der Waals surface area contributed by atoms with E-state index in [1.807, 2.05) is 27.7 Å². The normalized spacial score (nSPS) is 12.0. The molecule has 19 heavy (non-hydrogen) atoms. The standard InChI is InChI=1S/C14H20N2OS2/c1-8-5-9(2)13(10(3)6-8)16-14(17)11(4)19-7-12(15)18/h5-6,11H,7H2,1-4H3,(H2,15,18)(H,16,17). The SMILES string of the molecule is Cc1cc(C)c(NC(=O)C(C)SCC(N)=S)c(C)c1. The first-order valence-corrected chi connectivity index (χ1v) is 7.55. The number of hydrogen-bond donors (Lipinski definition) is 2. The van der Waals surface area contributed by atoms with Crippen LogP contribution in [-0.4, -0.2) is 21.9 Å². The van der Waals surface area contributed by atoms with Crippen molar-refractivity contribution in [3.8, 4) is 0 Å². The first-order chi connectivity index (χ1) is 8.81. The largest absolute Gasteiger partial charge is 0.393 e. The van der Waals surface area contributed by atoms with Gasteiger partial charge in [0.05, 0.1) is 10.2 Å². The minimum absolute atomic E-state index is 0.0173. The highest BCUT2D eigenvalue weighted by atomic mass is 32.2. The van der Waals surface area contributed by atoms with Crippen molar-refractivity contribution in [3.63, 3.8) is 0 Å². The number of amides is 1. The first-order valence-electron chi connectivity index (χ1n) is 6.10. The van der Waals surface area contributed by atoms with Crippen LogP contribution in [-0.2, 0) is 4.79 Å². The van der Waals surface area contributed by atoms with Crippen LogP contribution < -0.4 is 11.1 Å². The van der Waals surface area contributed by atoms with Crippen LogP contribution >= 0.6 is 24.0 Å². The predicted molar refractivity (Wildman–Crippen MR) is 88.0 cm³/mol. The van der Waals surface area contributed by atoms with Crippen LogP contribution in [0.25, 0.3) is 0 Å². The van der Waals surface area contributed by atoms with E-state index in [2.05, 4.69) is 17.4 Å². The summed E-state index contributed by atoms with van der Waals surface area (Å²) < 4.78 is 0. The summed E-state index contributed by atoms with van der Waals surface area (Å²) in [6, 6.07) is 4.13. The third-order valence-corrected chi connectivity index (χ3v) is 4.29. The molecule has 5 heteroatoms. The van der Waals surface area contributed by atoms with Crippen molar-refractivity contribution in [2.75, 3.05) is 11.1 Å². The third kappa shape index (κ3) is 4.84. The molecule has 3 nitrogen and oxygen atoms in total. The van der Waals surface area contributed by atoms with Crippen LogP contribution in [0.5, 0.6) is 0 Å². The van der Waals surface area contributed by atoms with E-state index in [4.69, 9.17) is 18.0 Å². The van der Waals surface area contributed by atoms with Gasteiger partial charge >= 0.3 is 0 Å². The minimum Gasteiger partial charge on any atom is -0.393 e. The van der Waals surface area contributed by atoms with Crippen LogP contribution in [0.2, 0.25) is 0 Å². The van der Waals surface area contributed by atoms with E-state index in [9.17, 15) is 4.79 Å². The second-order valence-corrected chi connectivity index (χ2v) is 6.54. The Balaban J connectivity index is 2.74. The summed E-state index contributed by atoms with van der Waals surface area (Å²) in [7, 11) is 0. The first kappa shape index (κ1) is 16.0. The Morgan fingerprint density at radius 2 is 1.89 bits per heavy atom. The van der Waals surface area contributed by atoms with E-state index in [1.165, 1.54) is 17.3 Å². The van der Waals surface area contributed by atoms with E-state index in [0.29, 0.717) is 10.7 Å². The Hall–Kier alpha value is -1.07. The molecule has 0 fully saturated rings. The zero-order valence-corrected chi connectivity index (χ0v) is 13.4. The number of nitrogens with one attached hydrogen (secondary N) is 1. The number of thioether (sulfide) groups is 1. The number of aryl methyl sites for hydroxylation is 3. The number of nitrogens with two attached hydrogens (primary N) is 1. The lowest BCUT2D eigenvalue weighted by Gasteiger charge is -2.16. The summed E-state index contributed by atoms with van der Waals surface area (Å²) in [6.07, 6.45) is 0. The summed E-state index contributed by atoms with van der Waals surface area (Å²) in [5, 5.41) is 2.81. The Morgan fingerprint density at radius 1 is 1.37 bits per heavy atom. The maximum atomic E-state index is 12.1. The van der Waals surface area contributed by atoms with Gasteiger partial charge in [0.15, 0.2) is 0 Å². The van der Waals surface area contributed by atoms with Crippen molar-refractivity contribution in [2.24, 2.45) is 5.73 Å². The van der Waals surface area contributed by atoms with Crippen molar-refractivity contribution in [1.29, 1.82) is 0 Å². The van der Waals surface area contributed by atoms with Crippen molar-refractivity contribution in [2.45, 2.75) is 32.9 Å². The monoisotopic (exact) mass is 296 g/mol. The zero-order valence-electron chi connectivity index (χ0n) is 11.7. The molecule has 0 aliphatic carbocycles.